The molecule has 0 aliphatic heterocycles. The second-order valence-electron chi connectivity index (χ2n) is 4.78. The molecule has 106 valence electrons. The first-order valence-corrected chi connectivity index (χ1v) is 6.72. The lowest BCUT2D eigenvalue weighted by Crippen LogP contribution is -2.36. The summed E-state index contributed by atoms with van der Waals surface area (Å²) in [6.07, 6.45) is 0. The second kappa shape index (κ2) is 6.39. The Hall–Kier alpha value is -2.07. The van der Waals surface area contributed by atoms with Gasteiger partial charge >= 0.3 is 0 Å². The fraction of sp³-hybridized carbons (Fsp3) is 0.312. The predicted molar refractivity (Wildman–Crippen MR) is 79.9 cm³/mol. The Morgan fingerprint density at radius 1 is 1.15 bits per heavy atom. The van der Waals surface area contributed by atoms with Crippen LogP contribution in [0.15, 0.2) is 48.5 Å². The molecule has 20 heavy (non-hydrogen) atoms. The van der Waals surface area contributed by atoms with Crippen molar-refractivity contribution >= 4 is 5.82 Å². The van der Waals surface area contributed by atoms with Crippen molar-refractivity contribution in [1.29, 1.82) is 0 Å². The fourth-order valence-electron chi connectivity index (χ4n) is 2.00. The molecular weight excluding hydrogens is 252 g/mol. The highest BCUT2D eigenvalue weighted by atomic mass is 16.5. The molecule has 0 bridgehead atoms. The van der Waals surface area contributed by atoms with Gasteiger partial charge in [0.05, 0.1) is 18.8 Å². The van der Waals surface area contributed by atoms with Crippen LogP contribution >= 0.6 is 0 Å². The summed E-state index contributed by atoms with van der Waals surface area (Å²) in [5.41, 5.74) is 0.421. The summed E-state index contributed by atoms with van der Waals surface area (Å²) in [4.78, 5) is 4.38. The van der Waals surface area contributed by atoms with E-state index in [2.05, 4.69) is 10.3 Å². The molecule has 4 nitrogen and oxygen atoms in total. The van der Waals surface area contributed by atoms with Crippen molar-refractivity contribution in [3.8, 4) is 5.88 Å². The molecule has 0 radical (unpaired) electrons. The van der Waals surface area contributed by atoms with E-state index in [1.807, 2.05) is 62.4 Å². The number of benzene rings is 1. The molecule has 0 saturated heterocycles. The lowest BCUT2D eigenvalue weighted by Gasteiger charge is -2.30. The van der Waals surface area contributed by atoms with Crippen LogP contribution in [0.4, 0.5) is 5.82 Å². The molecule has 0 spiro atoms. The van der Waals surface area contributed by atoms with Crippen LogP contribution in [0, 0.1) is 0 Å². The number of anilines is 1. The van der Waals surface area contributed by atoms with Crippen molar-refractivity contribution in [2.75, 3.05) is 18.5 Å². The predicted octanol–water partition coefficient (Wildman–Crippen LogP) is 2.80. The Bertz CT molecular complexity index is 545. The summed E-state index contributed by atoms with van der Waals surface area (Å²) in [5, 5.41) is 13.0. The second-order valence-corrected chi connectivity index (χ2v) is 4.78. The third-order valence-electron chi connectivity index (χ3n) is 3.15. The first-order valence-electron chi connectivity index (χ1n) is 6.72. The van der Waals surface area contributed by atoms with E-state index in [1.54, 1.807) is 0 Å². The minimum absolute atomic E-state index is 0.0302. The number of pyridine rings is 1. The van der Waals surface area contributed by atoms with Gasteiger partial charge in [0.15, 0.2) is 0 Å². The number of aromatic nitrogens is 1. The van der Waals surface area contributed by atoms with Crippen molar-refractivity contribution < 1.29 is 9.84 Å². The van der Waals surface area contributed by atoms with Crippen LogP contribution in [-0.2, 0) is 5.54 Å². The van der Waals surface area contributed by atoms with E-state index in [9.17, 15) is 5.11 Å². The van der Waals surface area contributed by atoms with Gasteiger partial charge in [-0.1, -0.05) is 36.4 Å². The fourth-order valence-corrected chi connectivity index (χ4v) is 2.00. The standard InChI is InChI=1S/C16H20N2O2/c1-3-20-15-11-7-10-14(17-15)18-16(2,12-19)13-8-5-4-6-9-13/h4-11,19H,3,12H2,1-2H3,(H,17,18). The van der Waals surface area contributed by atoms with E-state index in [1.165, 1.54) is 0 Å². The molecule has 0 aliphatic rings. The van der Waals surface area contributed by atoms with Gasteiger partial charge in [-0.25, -0.2) is 0 Å². The molecule has 0 saturated carbocycles. The normalized spacial score (nSPS) is 13.6. The number of rotatable bonds is 6. The summed E-state index contributed by atoms with van der Waals surface area (Å²) in [6, 6.07) is 15.4. The molecule has 1 aromatic heterocycles. The summed E-state index contributed by atoms with van der Waals surface area (Å²) in [7, 11) is 0. The van der Waals surface area contributed by atoms with E-state index >= 15 is 0 Å². The van der Waals surface area contributed by atoms with Crippen molar-refractivity contribution in [2.24, 2.45) is 0 Å². The monoisotopic (exact) mass is 272 g/mol. The Labute approximate surface area is 119 Å². The number of aliphatic hydroxyl groups excluding tert-OH is 1. The Morgan fingerprint density at radius 2 is 1.90 bits per heavy atom. The largest absolute Gasteiger partial charge is 0.478 e. The third kappa shape index (κ3) is 3.27. The average Bonchev–Trinajstić information content (AvgIpc) is 2.49. The van der Waals surface area contributed by atoms with E-state index in [0.717, 1.165) is 5.56 Å². The first-order chi connectivity index (χ1) is 9.68. The van der Waals surface area contributed by atoms with Gasteiger partial charge in [-0.2, -0.15) is 4.98 Å². The van der Waals surface area contributed by atoms with Gasteiger partial charge in [-0.15, -0.1) is 0 Å². The summed E-state index contributed by atoms with van der Waals surface area (Å²) >= 11 is 0. The molecule has 0 fully saturated rings. The van der Waals surface area contributed by atoms with Crippen molar-refractivity contribution in [1.82, 2.24) is 4.98 Å². The first kappa shape index (κ1) is 14.3. The van der Waals surface area contributed by atoms with Gasteiger partial charge < -0.3 is 15.2 Å². The lowest BCUT2D eigenvalue weighted by molar-refractivity contribution is 0.223. The highest BCUT2D eigenvalue weighted by molar-refractivity contribution is 5.43. The topological polar surface area (TPSA) is 54.4 Å². The number of aliphatic hydroxyl groups is 1. The number of ether oxygens (including phenoxy) is 1. The van der Waals surface area contributed by atoms with Gasteiger partial charge in [0, 0.05) is 6.07 Å². The van der Waals surface area contributed by atoms with E-state index in [4.69, 9.17) is 4.74 Å². The third-order valence-corrected chi connectivity index (χ3v) is 3.15. The quantitative estimate of drug-likeness (QED) is 0.849. The van der Waals surface area contributed by atoms with Crippen LogP contribution in [0.2, 0.25) is 0 Å². The van der Waals surface area contributed by atoms with E-state index in [0.29, 0.717) is 18.3 Å². The number of nitrogens with zero attached hydrogens (tertiary/aromatic N) is 1. The molecule has 0 aliphatic carbocycles. The number of hydrogen-bond acceptors (Lipinski definition) is 4. The molecule has 1 heterocycles. The zero-order chi connectivity index (χ0) is 14.4. The van der Waals surface area contributed by atoms with Crippen LogP contribution in [0.1, 0.15) is 19.4 Å². The van der Waals surface area contributed by atoms with Gasteiger partial charge in [-0.3, -0.25) is 0 Å². The number of nitrogens with one attached hydrogen (secondary N) is 1. The van der Waals surface area contributed by atoms with Gasteiger partial charge in [0.1, 0.15) is 5.82 Å². The number of hydrogen-bond donors (Lipinski definition) is 2. The Morgan fingerprint density at radius 3 is 2.55 bits per heavy atom. The van der Waals surface area contributed by atoms with Crippen LogP contribution in [0.5, 0.6) is 5.88 Å². The molecule has 2 aromatic rings. The Kier molecular flexibility index (Phi) is 4.58. The van der Waals surface area contributed by atoms with Gasteiger partial charge in [0.25, 0.3) is 0 Å². The van der Waals surface area contributed by atoms with Crippen molar-refractivity contribution in [3.05, 3.63) is 54.1 Å². The minimum atomic E-state index is -0.584. The SMILES string of the molecule is CCOc1cccc(NC(C)(CO)c2ccccc2)n1. The summed E-state index contributed by atoms with van der Waals surface area (Å²) in [6.45, 7) is 4.41. The van der Waals surface area contributed by atoms with E-state index < -0.39 is 5.54 Å². The van der Waals surface area contributed by atoms with Crippen LogP contribution in [0.3, 0.4) is 0 Å². The maximum atomic E-state index is 9.75. The van der Waals surface area contributed by atoms with Crippen molar-refractivity contribution in [3.63, 3.8) is 0 Å². The zero-order valence-electron chi connectivity index (χ0n) is 11.8. The van der Waals surface area contributed by atoms with Crippen LogP contribution in [0.25, 0.3) is 0 Å². The maximum absolute atomic E-state index is 9.75. The minimum Gasteiger partial charge on any atom is -0.478 e. The maximum Gasteiger partial charge on any atom is 0.215 e. The van der Waals surface area contributed by atoms with Crippen LogP contribution < -0.4 is 10.1 Å². The molecule has 1 unspecified atom stereocenters. The highest BCUT2D eigenvalue weighted by Crippen LogP contribution is 2.25. The summed E-state index contributed by atoms with van der Waals surface area (Å²) in [5.74, 6) is 1.25. The molecule has 2 rings (SSSR count). The summed E-state index contributed by atoms with van der Waals surface area (Å²) < 4.78 is 5.39. The van der Waals surface area contributed by atoms with Crippen molar-refractivity contribution in [2.45, 2.75) is 19.4 Å². The average molecular weight is 272 g/mol. The molecule has 4 heteroatoms. The van der Waals surface area contributed by atoms with E-state index in [-0.39, 0.29) is 6.61 Å². The highest BCUT2D eigenvalue weighted by Gasteiger charge is 2.25. The molecule has 1 atom stereocenters. The smallest absolute Gasteiger partial charge is 0.215 e. The molecule has 2 N–H and O–H groups in total. The molecule has 0 amide bonds. The van der Waals surface area contributed by atoms with Gasteiger partial charge in [-0.05, 0) is 25.5 Å². The Balaban J connectivity index is 2.24. The van der Waals surface area contributed by atoms with Gasteiger partial charge in [0.2, 0.25) is 5.88 Å². The zero-order valence-corrected chi connectivity index (χ0v) is 11.8. The molecular formula is C16H20N2O2. The molecule has 1 aromatic carbocycles. The van der Waals surface area contributed by atoms with Crippen LogP contribution in [-0.4, -0.2) is 23.3 Å². The lowest BCUT2D eigenvalue weighted by atomic mass is 9.93.